The second-order valence-corrected chi connectivity index (χ2v) is 3.62. The molecule has 0 saturated heterocycles. The van der Waals surface area contributed by atoms with E-state index < -0.39 is 0 Å². The van der Waals surface area contributed by atoms with E-state index in [4.69, 9.17) is 11.5 Å². The van der Waals surface area contributed by atoms with Gasteiger partial charge in [-0.1, -0.05) is 15.9 Å². The first-order valence-corrected chi connectivity index (χ1v) is 4.79. The molecule has 4 N–H and O–H groups in total. The Hall–Kier alpha value is -1.69. The fraction of sp³-hybridized carbons (Fsp3) is 0. The van der Waals surface area contributed by atoms with E-state index in [0.29, 0.717) is 5.56 Å². The van der Waals surface area contributed by atoms with Gasteiger partial charge in [-0.15, -0.1) is 5.10 Å². The lowest BCUT2D eigenvalue weighted by Crippen LogP contribution is -2.21. The van der Waals surface area contributed by atoms with E-state index in [1.807, 2.05) is 0 Å². The molecule has 0 aliphatic heterocycles. The van der Waals surface area contributed by atoms with Gasteiger partial charge >= 0.3 is 0 Å². The molecular formula is C9H9BrN4O. The van der Waals surface area contributed by atoms with Crippen molar-refractivity contribution >= 4 is 34.4 Å². The van der Waals surface area contributed by atoms with Crippen LogP contribution in [0.3, 0.4) is 0 Å². The van der Waals surface area contributed by atoms with Crippen molar-refractivity contribution in [1.29, 1.82) is 0 Å². The average Bonchev–Trinajstić information content (AvgIpc) is 2.16. The second-order valence-electron chi connectivity index (χ2n) is 2.71. The summed E-state index contributed by atoms with van der Waals surface area (Å²) in [5.41, 5.74) is 11.5. The van der Waals surface area contributed by atoms with Gasteiger partial charge in [0.1, 0.15) is 6.29 Å². The first-order chi connectivity index (χ1) is 7.11. The van der Waals surface area contributed by atoms with Crippen LogP contribution in [0.25, 0.3) is 0 Å². The van der Waals surface area contributed by atoms with Gasteiger partial charge in [-0.2, -0.15) is 5.10 Å². The van der Waals surface area contributed by atoms with Crippen molar-refractivity contribution in [2.75, 3.05) is 0 Å². The Labute approximate surface area is 95.0 Å². The van der Waals surface area contributed by atoms with Crippen LogP contribution in [0.15, 0.2) is 32.9 Å². The van der Waals surface area contributed by atoms with Crippen molar-refractivity contribution in [2.24, 2.45) is 21.7 Å². The first-order valence-electron chi connectivity index (χ1n) is 3.99. The van der Waals surface area contributed by atoms with Crippen LogP contribution in [0.5, 0.6) is 0 Å². The first kappa shape index (κ1) is 11.4. The standard InChI is InChI=1S/C9H9BrN4O/c10-8-2-6(1-7(3-8)5-15)4-13-14-9(11)12/h1-5H,(H4,11,12,14). The third kappa shape index (κ3) is 3.90. The van der Waals surface area contributed by atoms with Crippen LogP contribution < -0.4 is 11.5 Å². The molecule has 15 heavy (non-hydrogen) atoms. The Kier molecular flexibility index (Phi) is 3.99. The summed E-state index contributed by atoms with van der Waals surface area (Å²) in [7, 11) is 0. The molecule has 0 aromatic heterocycles. The smallest absolute Gasteiger partial charge is 0.211 e. The molecule has 0 saturated carbocycles. The number of carbonyl (C=O) groups is 1. The Balaban J connectivity index is 2.95. The number of hydrogen-bond acceptors (Lipinski definition) is 3. The molecule has 0 radical (unpaired) electrons. The largest absolute Gasteiger partial charge is 0.369 e. The highest BCUT2D eigenvalue weighted by molar-refractivity contribution is 9.10. The third-order valence-electron chi connectivity index (χ3n) is 1.46. The Morgan fingerprint density at radius 3 is 2.53 bits per heavy atom. The summed E-state index contributed by atoms with van der Waals surface area (Å²) in [5.74, 6) is -0.114. The highest BCUT2D eigenvalue weighted by Crippen LogP contribution is 2.13. The van der Waals surface area contributed by atoms with Crippen LogP contribution >= 0.6 is 15.9 Å². The van der Waals surface area contributed by atoms with Crippen LogP contribution in [-0.4, -0.2) is 18.5 Å². The van der Waals surface area contributed by atoms with Gasteiger partial charge in [0.2, 0.25) is 5.96 Å². The quantitative estimate of drug-likeness (QED) is 0.369. The van der Waals surface area contributed by atoms with Crippen LogP contribution in [-0.2, 0) is 0 Å². The summed E-state index contributed by atoms with van der Waals surface area (Å²) in [6, 6.07) is 5.16. The number of nitrogens with two attached hydrogens (primary N) is 2. The Morgan fingerprint density at radius 2 is 1.93 bits per heavy atom. The number of nitrogens with zero attached hydrogens (tertiary/aromatic N) is 2. The van der Waals surface area contributed by atoms with Crippen LogP contribution in [0.4, 0.5) is 0 Å². The summed E-state index contributed by atoms with van der Waals surface area (Å²) in [4.78, 5) is 10.6. The van der Waals surface area contributed by atoms with Gasteiger partial charge in [0, 0.05) is 10.0 Å². The maximum Gasteiger partial charge on any atom is 0.211 e. The number of halogens is 1. The van der Waals surface area contributed by atoms with Crippen LogP contribution in [0.1, 0.15) is 15.9 Å². The number of guanidine groups is 1. The fourth-order valence-electron chi connectivity index (χ4n) is 0.941. The Morgan fingerprint density at radius 1 is 1.27 bits per heavy atom. The van der Waals surface area contributed by atoms with Gasteiger partial charge in [-0.3, -0.25) is 4.79 Å². The van der Waals surface area contributed by atoms with Crippen molar-refractivity contribution in [3.05, 3.63) is 33.8 Å². The number of carbonyl (C=O) groups excluding carboxylic acids is 1. The van der Waals surface area contributed by atoms with Crippen LogP contribution in [0, 0.1) is 0 Å². The molecule has 0 spiro atoms. The van der Waals surface area contributed by atoms with Gasteiger partial charge in [0.25, 0.3) is 0 Å². The van der Waals surface area contributed by atoms with Crippen molar-refractivity contribution in [2.45, 2.75) is 0 Å². The molecule has 0 bridgehead atoms. The molecule has 0 atom stereocenters. The SMILES string of the molecule is NC(N)=NN=Cc1cc(Br)cc(C=O)c1. The van der Waals surface area contributed by atoms with E-state index in [9.17, 15) is 4.79 Å². The number of hydrogen-bond donors (Lipinski definition) is 2. The lowest BCUT2D eigenvalue weighted by atomic mass is 10.1. The molecule has 1 rings (SSSR count). The number of benzene rings is 1. The minimum absolute atomic E-state index is 0.114. The Bertz CT molecular complexity index is 424. The lowest BCUT2D eigenvalue weighted by molar-refractivity contribution is 0.112. The van der Waals surface area contributed by atoms with E-state index in [1.165, 1.54) is 6.21 Å². The molecule has 1 aromatic carbocycles. The zero-order valence-electron chi connectivity index (χ0n) is 7.72. The predicted molar refractivity (Wildman–Crippen MR) is 62.9 cm³/mol. The molecule has 6 heteroatoms. The second kappa shape index (κ2) is 5.26. The molecule has 0 fully saturated rings. The molecule has 78 valence electrons. The van der Waals surface area contributed by atoms with Gasteiger partial charge in [0.15, 0.2) is 0 Å². The normalized spacial score (nSPS) is 10.2. The zero-order chi connectivity index (χ0) is 11.3. The molecular weight excluding hydrogens is 260 g/mol. The molecule has 0 amide bonds. The monoisotopic (exact) mass is 268 g/mol. The maximum absolute atomic E-state index is 10.6. The summed E-state index contributed by atoms with van der Waals surface area (Å²) < 4.78 is 0.790. The van der Waals surface area contributed by atoms with E-state index in [0.717, 1.165) is 16.3 Å². The molecule has 1 aromatic rings. The van der Waals surface area contributed by atoms with E-state index >= 15 is 0 Å². The summed E-state index contributed by atoms with van der Waals surface area (Å²) in [5, 5.41) is 7.08. The molecule has 5 nitrogen and oxygen atoms in total. The van der Waals surface area contributed by atoms with Gasteiger partial charge < -0.3 is 11.5 Å². The average molecular weight is 269 g/mol. The zero-order valence-corrected chi connectivity index (χ0v) is 9.31. The number of aldehydes is 1. The van der Waals surface area contributed by atoms with Gasteiger partial charge in [0.05, 0.1) is 6.21 Å². The van der Waals surface area contributed by atoms with E-state index in [1.54, 1.807) is 18.2 Å². The topological polar surface area (TPSA) is 93.8 Å². The lowest BCUT2D eigenvalue weighted by Gasteiger charge is -1.96. The highest BCUT2D eigenvalue weighted by atomic mass is 79.9. The number of rotatable bonds is 3. The van der Waals surface area contributed by atoms with Gasteiger partial charge in [-0.05, 0) is 23.8 Å². The minimum atomic E-state index is -0.114. The fourth-order valence-corrected chi connectivity index (χ4v) is 1.47. The van der Waals surface area contributed by atoms with E-state index in [-0.39, 0.29) is 5.96 Å². The van der Waals surface area contributed by atoms with Crippen molar-refractivity contribution < 1.29 is 4.79 Å². The maximum atomic E-state index is 10.6. The summed E-state index contributed by atoms with van der Waals surface area (Å²) in [6.45, 7) is 0. The molecule has 0 aliphatic carbocycles. The molecule has 0 heterocycles. The van der Waals surface area contributed by atoms with Crippen molar-refractivity contribution in [3.8, 4) is 0 Å². The predicted octanol–water partition coefficient (Wildman–Crippen LogP) is 0.869. The van der Waals surface area contributed by atoms with E-state index in [2.05, 4.69) is 26.1 Å². The highest BCUT2D eigenvalue weighted by Gasteiger charge is 1.96. The molecule has 0 aliphatic rings. The third-order valence-corrected chi connectivity index (χ3v) is 1.92. The van der Waals surface area contributed by atoms with Crippen molar-refractivity contribution in [1.82, 2.24) is 0 Å². The summed E-state index contributed by atoms with van der Waals surface area (Å²) in [6.07, 6.45) is 2.21. The minimum Gasteiger partial charge on any atom is -0.369 e. The molecule has 0 unspecified atom stereocenters. The van der Waals surface area contributed by atoms with Gasteiger partial charge in [-0.25, -0.2) is 0 Å². The van der Waals surface area contributed by atoms with Crippen LogP contribution in [0.2, 0.25) is 0 Å². The van der Waals surface area contributed by atoms with Crippen molar-refractivity contribution in [3.63, 3.8) is 0 Å². The summed E-state index contributed by atoms with van der Waals surface area (Å²) >= 11 is 3.27.